The normalized spacial score (nSPS) is 14.8. The number of aromatic nitrogens is 2. The van der Waals surface area contributed by atoms with Crippen LogP contribution in [0, 0.1) is 6.92 Å². The van der Waals surface area contributed by atoms with Crippen LogP contribution in [-0.2, 0) is 7.05 Å². The summed E-state index contributed by atoms with van der Waals surface area (Å²) < 4.78 is 2.19. The zero-order valence-electron chi connectivity index (χ0n) is 15.5. The molecular weight excluding hydrogens is 322 g/mol. The molecule has 1 aliphatic heterocycles. The number of rotatable bonds is 1. The Morgan fingerprint density at radius 3 is 2.60 bits per heavy atom. The molecule has 0 saturated heterocycles. The quantitative estimate of drug-likeness (QED) is 0.499. The van der Waals surface area contributed by atoms with Crippen molar-refractivity contribution in [3.05, 3.63) is 60.4 Å². The lowest BCUT2D eigenvalue weighted by Gasteiger charge is -2.38. The highest BCUT2D eigenvalue weighted by molar-refractivity contribution is 7.02. The molecule has 3 nitrogen and oxygen atoms in total. The first-order valence-electron chi connectivity index (χ1n) is 8.70. The molecule has 3 aromatic rings. The number of anilines is 2. The third kappa shape index (κ3) is 2.32. The number of hydrogen-bond acceptors (Lipinski definition) is 2. The summed E-state index contributed by atoms with van der Waals surface area (Å²) in [6, 6.07) is 15.5. The second-order valence-electron chi connectivity index (χ2n) is 7.44. The molecule has 1 aliphatic rings. The molecule has 4 rings (SSSR count). The van der Waals surface area contributed by atoms with Gasteiger partial charge in [-0.05, 0) is 41.1 Å². The van der Waals surface area contributed by atoms with Crippen molar-refractivity contribution in [2.24, 2.45) is 7.05 Å². The summed E-state index contributed by atoms with van der Waals surface area (Å²) in [6.45, 7) is 7.09. The third-order valence-electron chi connectivity index (χ3n) is 5.49. The molecule has 0 atom stereocenters. The number of pyridine rings is 2. The van der Waals surface area contributed by atoms with Crippen LogP contribution in [0.4, 0.5) is 11.5 Å². The standard InChI is InChI=1S/C21H24N3Si/c1-15-13-20-18(14-16(15)17-9-6-7-12-23(17)2)24(3)21-19(25(20,4)5)10-8-11-22-21/h6-14H,1-5H3/q+1. The van der Waals surface area contributed by atoms with Gasteiger partial charge in [-0.3, -0.25) is 0 Å². The van der Waals surface area contributed by atoms with Crippen molar-refractivity contribution in [1.82, 2.24) is 4.98 Å². The Labute approximate surface area is 150 Å². The Bertz CT molecular complexity index is 979. The second kappa shape index (κ2) is 5.53. The summed E-state index contributed by atoms with van der Waals surface area (Å²) in [4.78, 5) is 6.95. The lowest BCUT2D eigenvalue weighted by molar-refractivity contribution is -0.660. The largest absolute Gasteiger partial charge is 0.330 e. The Hall–Kier alpha value is -2.46. The van der Waals surface area contributed by atoms with E-state index in [9.17, 15) is 0 Å². The van der Waals surface area contributed by atoms with Gasteiger partial charge in [-0.15, -0.1) is 0 Å². The molecule has 0 aliphatic carbocycles. The minimum absolute atomic E-state index is 1.11. The maximum absolute atomic E-state index is 4.69. The number of benzene rings is 1. The van der Waals surface area contributed by atoms with Gasteiger partial charge in [-0.25, -0.2) is 9.55 Å². The number of fused-ring (bicyclic) bond motifs is 2. The minimum atomic E-state index is -1.75. The van der Waals surface area contributed by atoms with Gasteiger partial charge in [-0.1, -0.05) is 25.2 Å². The first kappa shape index (κ1) is 16.0. The van der Waals surface area contributed by atoms with E-state index in [-0.39, 0.29) is 0 Å². The Kier molecular flexibility index (Phi) is 3.54. The Morgan fingerprint density at radius 2 is 1.84 bits per heavy atom. The number of aryl methyl sites for hydroxylation is 2. The molecular formula is C21H24N3Si+. The van der Waals surface area contributed by atoms with Crippen molar-refractivity contribution in [2.75, 3.05) is 11.9 Å². The maximum atomic E-state index is 4.69. The molecule has 2 aromatic heterocycles. The predicted octanol–water partition coefficient (Wildman–Crippen LogP) is 2.79. The van der Waals surface area contributed by atoms with E-state index in [0.29, 0.717) is 0 Å². The van der Waals surface area contributed by atoms with Gasteiger partial charge in [0, 0.05) is 31.1 Å². The third-order valence-corrected chi connectivity index (χ3v) is 8.97. The van der Waals surface area contributed by atoms with E-state index in [4.69, 9.17) is 4.98 Å². The van der Waals surface area contributed by atoms with Crippen molar-refractivity contribution < 1.29 is 4.57 Å². The number of hydrogen-bond donors (Lipinski definition) is 0. The van der Waals surface area contributed by atoms with E-state index in [1.165, 1.54) is 32.9 Å². The van der Waals surface area contributed by atoms with E-state index in [1.54, 1.807) is 0 Å². The predicted molar refractivity (Wildman–Crippen MR) is 107 cm³/mol. The lowest BCUT2D eigenvalue weighted by Crippen LogP contribution is -2.59. The highest BCUT2D eigenvalue weighted by atomic mass is 28.3. The Morgan fingerprint density at radius 1 is 1.04 bits per heavy atom. The van der Waals surface area contributed by atoms with Crippen molar-refractivity contribution in [1.29, 1.82) is 0 Å². The molecule has 0 N–H and O–H groups in total. The molecule has 1 aromatic carbocycles. The first-order valence-corrected chi connectivity index (χ1v) is 11.7. The van der Waals surface area contributed by atoms with Crippen molar-refractivity contribution >= 4 is 30.0 Å². The molecule has 25 heavy (non-hydrogen) atoms. The molecule has 0 spiro atoms. The van der Waals surface area contributed by atoms with E-state index in [1.807, 2.05) is 6.20 Å². The van der Waals surface area contributed by atoms with Gasteiger partial charge in [0.25, 0.3) is 0 Å². The van der Waals surface area contributed by atoms with Crippen LogP contribution < -0.4 is 19.8 Å². The minimum Gasteiger partial charge on any atom is -0.330 e. The zero-order chi connectivity index (χ0) is 17.8. The van der Waals surface area contributed by atoms with Crippen LogP contribution in [-0.4, -0.2) is 20.1 Å². The molecule has 0 unspecified atom stereocenters. The fraction of sp³-hybridized carbons (Fsp3) is 0.238. The van der Waals surface area contributed by atoms with Crippen LogP contribution in [0.25, 0.3) is 11.3 Å². The van der Waals surface area contributed by atoms with Gasteiger partial charge in [0.2, 0.25) is 5.69 Å². The second-order valence-corrected chi connectivity index (χ2v) is 11.8. The molecule has 0 bridgehead atoms. The first-order chi connectivity index (χ1) is 11.9. The smallest absolute Gasteiger partial charge is 0.212 e. The van der Waals surface area contributed by atoms with Crippen molar-refractivity contribution in [2.45, 2.75) is 20.0 Å². The molecule has 0 amide bonds. The number of nitrogens with zero attached hydrogens (tertiary/aromatic N) is 3. The molecule has 0 fully saturated rings. The average Bonchev–Trinajstić information content (AvgIpc) is 2.61. The lowest BCUT2D eigenvalue weighted by atomic mass is 10.0. The summed E-state index contributed by atoms with van der Waals surface area (Å²) in [7, 11) is 2.49. The van der Waals surface area contributed by atoms with Gasteiger partial charge in [0.05, 0.1) is 5.56 Å². The van der Waals surface area contributed by atoms with Gasteiger partial charge in [-0.2, -0.15) is 0 Å². The van der Waals surface area contributed by atoms with Crippen LogP contribution in [0.2, 0.25) is 13.1 Å². The highest BCUT2D eigenvalue weighted by Crippen LogP contribution is 2.33. The van der Waals surface area contributed by atoms with Crippen molar-refractivity contribution in [3.8, 4) is 11.3 Å². The maximum Gasteiger partial charge on any atom is 0.212 e. The summed E-state index contributed by atoms with van der Waals surface area (Å²) in [5.74, 6) is 1.11. The molecule has 0 radical (unpaired) electrons. The highest BCUT2D eigenvalue weighted by Gasteiger charge is 2.38. The monoisotopic (exact) mass is 346 g/mol. The summed E-state index contributed by atoms with van der Waals surface area (Å²) in [5.41, 5.74) is 5.16. The SMILES string of the molecule is Cc1cc2c(cc1-c1cccc[n+]1C)N(C)c1ncccc1[Si]2(C)C. The average molecular weight is 347 g/mol. The molecule has 4 heteroatoms. The van der Waals surface area contributed by atoms with E-state index >= 15 is 0 Å². The zero-order valence-corrected chi connectivity index (χ0v) is 16.5. The van der Waals surface area contributed by atoms with E-state index < -0.39 is 8.07 Å². The topological polar surface area (TPSA) is 20.0 Å². The van der Waals surface area contributed by atoms with Gasteiger partial charge >= 0.3 is 0 Å². The molecule has 126 valence electrons. The van der Waals surface area contributed by atoms with Crippen LogP contribution in [0.5, 0.6) is 0 Å². The van der Waals surface area contributed by atoms with Crippen molar-refractivity contribution in [3.63, 3.8) is 0 Å². The van der Waals surface area contributed by atoms with Gasteiger partial charge < -0.3 is 4.90 Å². The fourth-order valence-electron chi connectivity index (χ4n) is 3.96. The van der Waals surface area contributed by atoms with Gasteiger partial charge in [0.1, 0.15) is 20.9 Å². The summed E-state index contributed by atoms with van der Waals surface area (Å²) in [5, 5.41) is 2.91. The summed E-state index contributed by atoms with van der Waals surface area (Å²) in [6.07, 6.45) is 4.00. The van der Waals surface area contributed by atoms with Crippen LogP contribution >= 0.6 is 0 Å². The summed E-state index contributed by atoms with van der Waals surface area (Å²) >= 11 is 0. The van der Waals surface area contributed by atoms with Crippen LogP contribution in [0.15, 0.2) is 54.9 Å². The van der Waals surface area contributed by atoms with E-state index in [2.05, 4.69) is 92.2 Å². The molecule has 3 heterocycles. The fourth-order valence-corrected chi connectivity index (χ4v) is 7.02. The van der Waals surface area contributed by atoms with Crippen LogP contribution in [0.3, 0.4) is 0 Å². The van der Waals surface area contributed by atoms with Gasteiger partial charge in [0.15, 0.2) is 6.20 Å². The van der Waals surface area contributed by atoms with Crippen LogP contribution in [0.1, 0.15) is 5.56 Å². The Balaban J connectivity index is 1.99. The van der Waals surface area contributed by atoms with E-state index in [0.717, 1.165) is 5.82 Å². The molecule has 0 saturated carbocycles.